The van der Waals surface area contributed by atoms with Crippen molar-refractivity contribution in [1.82, 2.24) is 14.9 Å². The van der Waals surface area contributed by atoms with Crippen molar-refractivity contribution >= 4 is 34.6 Å². The van der Waals surface area contributed by atoms with E-state index in [-0.39, 0.29) is 5.92 Å². The van der Waals surface area contributed by atoms with Crippen LogP contribution in [0.1, 0.15) is 24.8 Å². The maximum Gasteiger partial charge on any atom is 0.241 e. The number of H-pyrrole nitrogens is 1. The predicted molar refractivity (Wildman–Crippen MR) is 100 cm³/mol. The van der Waals surface area contributed by atoms with Gasteiger partial charge in [-0.15, -0.1) is 0 Å². The van der Waals surface area contributed by atoms with Crippen LogP contribution in [-0.4, -0.2) is 52.9 Å². The zero-order chi connectivity index (χ0) is 18.1. The van der Waals surface area contributed by atoms with Crippen molar-refractivity contribution < 1.29 is 9.59 Å². The topological polar surface area (TPSA) is 95.3 Å². The fraction of sp³-hybridized carbons (Fsp3) is 0.421. The molecule has 136 valence electrons. The van der Waals surface area contributed by atoms with E-state index in [4.69, 9.17) is 5.73 Å². The number of hydrogen-bond acceptors (Lipinski definition) is 4. The number of carbonyl (C=O) groups is 2. The summed E-state index contributed by atoms with van der Waals surface area (Å²) < 4.78 is 0. The summed E-state index contributed by atoms with van der Waals surface area (Å²) in [6, 6.07) is 2.07. The second-order valence-corrected chi connectivity index (χ2v) is 7.01. The van der Waals surface area contributed by atoms with Crippen molar-refractivity contribution in [2.45, 2.75) is 19.3 Å². The first-order valence-corrected chi connectivity index (χ1v) is 9.10. The number of pyridine rings is 1. The summed E-state index contributed by atoms with van der Waals surface area (Å²) in [6.45, 7) is 3.13. The highest BCUT2D eigenvalue weighted by atomic mass is 16.2. The van der Waals surface area contributed by atoms with Crippen LogP contribution < -0.4 is 10.6 Å². The molecule has 3 N–H and O–H groups in total. The number of piperazine rings is 1. The number of aromatic nitrogens is 2. The van der Waals surface area contributed by atoms with Gasteiger partial charge in [0.15, 0.2) is 0 Å². The number of carbonyl (C=O) groups excluding carboxylic acids is 2. The highest BCUT2D eigenvalue weighted by Crippen LogP contribution is 2.29. The van der Waals surface area contributed by atoms with Crippen molar-refractivity contribution in [3.8, 4) is 0 Å². The molecule has 0 unspecified atom stereocenters. The van der Waals surface area contributed by atoms with E-state index in [2.05, 4.69) is 20.9 Å². The Morgan fingerprint density at radius 3 is 2.65 bits per heavy atom. The van der Waals surface area contributed by atoms with Gasteiger partial charge >= 0.3 is 0 Å². The first kappa shape index (κ1) is 16.6. The third-order valence-corrected chi connectivity index (χ3v) is 5.39. The molecule has 0 atom stereocenters. The molecule has 1 aliphatic heterocycles. The molecule has 7 heteroatoms. The van der Waals surface area contributed by atoms with Gasteiger partial charge in [-0.3, -0.25) is 9.59 Å². The number of hydrogen-bond donors (Lipinski definition) is 2. The fourth-order valence-electron chi connectivity index (χ4n) is 3.59. The van der Waals surface area contributed by atoms with Crippen LogP contribution in [0.15, 0.2) is 24.5 Å². The molecule has 1 saturated heterocycles. The van der Waals surface area contributed by atoms with Crippen LogP contribution in [0.3, 0.4) is 0 Å². The Bertz CT molecular complexity index is 860. The molecule has 2 amide bonds. The summed E-state index contributed by atoms with van der Waals surface area (Å²) in [5.74, 6) is 0.115. The van der Waals surface area contributed by atoms with Gasteiger partial charge in [0.25, 0.3) is 0 Å². The first-order valence-electron chi connectivity index (χ1n) is 9.10. The maximum atomic E-state index is 12.4. The van der Waals surface area contributed by atoms with Gasteiger partial charge in [0.1, 0.15) is 5.65 Å². The molecule has 3 heterocycles. The van der Waals surface area contributed by atoms with E-state index in [0.717, 1.165) is 61.3 Å². The Morgan fingerprint density at radius 1 is 1.23 bits per heavy atom. The largest absolute Gasteiger partial charge is 0.367 e. The quantitative estimate of drug-likeness (QED) is 0.815. The summed E-state index contributed by atoms with van der Waals surface area (Å²) in [4.78, 5) is 35.2. The Balaban J connectivity index is 1.48. The molecule has 0 bridgehead atoms. The summed E-state index contributed by atoms with van der Waals surface area (Å²) in [7, 11) is 0. The summed E-state index contributed by atoms with van der Waals surface area (Å²) in [5, 5.41) is 0.952. The predicted octanol–water partition coefficient (Wildman–Crippen LogP) is 1.51. The number of nitrogens with two attached hydrogens (primary N) is 1. The molecule has 7 nitrogen and oxygen atoms in total. The lowest BCUT2D eigenvalue weighted by molar-refractivity contribution is -0.138. The van der Waals surface area contributed by atoms with Crippen LogP contribution in [0, 0.1) is 5.92 Å². The second kappa shape index (κ2) is 6.82. The van der Waals surface area contributed by atoms with Gasteiger partial charge in [-0.05, 0) is 25.0 Å². The third-order valence-electron chi connectivity index (χ3n) is 5.39. The molecule has 4 rings (SSSR count). The van der Waals surface area contributed by atoms with E-state index < -0.39 is 5.91 Å². The van der Waals surface area contributed by atoms with E-state index in [9.17, 15) is 9.59 Å². The van der Waals surface area contributed by atoms with E-state index in [1.807, 2.05) is 17.3 Å². The van der Waals surface area contributed by atoms with Crippen molar-refractivity contribution in [3.63, 3.8) is 0 Å². The lowest BCUT2D eigenvalue weighted by Crippen LogP contribution is -2.51. The highest BCUT2D eigenvalue weighted by Gasteiger charge is 2.31. The van der Waals surface area contributed by atoms with Gasteiger partial charge in [0.05, 0.1) is 11.9 Å². The van der Waals surface area contributed by atoms with Crippen LogP contribution in [0.4, 0.5) is 5.69 Å². The van der Waals surface area contributed by atoms with Crippen LogP contribution in [0.2, 0.25) is 0 Å². The van der Waals surface area contributed by atoms with E-state index in [1.54, 1.807) is 6.08 Å². The average molecular weight is 353 g/mol. The van der Waals surface area contributed by atoms with Crippen LogP contribution in [0.5, 0.6) is 0 Å². The lowest BCUT2D eigenvalue weighted by atomic mass is 9.84. The van der Waals surface area contributed by atoms with E-state index in [1.165, 1.54) is 12.5 Å². The van der Waals surface area contributed by atoms with Gasteiger partial charge < -0.3 is 20.5 Å². The number of aromatic amines is 1. The molecule has 1 aliphatic carbocycles. The van der Waals surface area contributed by atoms with E-state index >= 15 is 0 Å². The van der Waals surface area contributed by atoms with Crippen molar-refractivity contribution in [1.29, 1.82) is 0 Å². The SMILES string of the molecule is NC(=O)C=Cc1c[nH]c2ncc(N3CCN(C(=O)C4CCC4)CC3)cc12. The number of primary amides is 1. The van der Waals surface area contributed by atoms with Crippen LogP contribution >= 0.6 is 0 Å². The average Bonchev–Trinajstić information content (AvgIpc) is 3.01. The Hall–Kier alpha value is -2.83. The summed E-state index contributed by atoms with van der Waals surface area (Å²) in [5.41, 5.74) is 7.87. The standard InChI is InChI=1S/C19H23N5O2/c20-17(25)5-4-14-11-21-18-16(14)10-15(12-22-18)23-6-8-24(9-7-23)19(26)13-2-1-3-13/h4-5,10-13H,1-3,6-9H2,(H2,20,25)(H,21,22). The minimum absolute atomic E-state index is 0.263. The van der Waals surface area contributed by atoms with Crippen molar-refractivity contribution in [2.75, 3.05) is 31.1 Å². The van der Waals surface area contributed by atoms with Gasteiger partial charge in [-0.1, -0.05) is 6.42 Å². The number of nitrogens with one attached hydrogen (secondary N) is 1. The second-order valence-electron chi connectivity index (χ2n) is 7.01. The monoisotopic (exact) mass is 353 g/mol. The van der Waals surface area contributed by atoms with Gasteiger partial charge in [0, 0.05) is 55.3 Å². The molecule has 26 heavy (non-hydrogen) atoms. The molecule has 1 saturated carbocycles. The van der Waals surface area contributed by atoms with Gasteiger partial charge in [0.2, 0.25) is 11.8 Å². The number of rotatable bonds is 4. The Labute approximate surface area is 151 Å². The van der Waals surface area contributed by atoms with Crippen LogP contribution in [0.25, 0.3) is 17.1 Å². The smallest absolute Gasteiger partial charge is 0.241 e. The molecule has 2 aromatic heterocycles. The number of fused-ring (bicyclic) bond motifs is 1. The number of nitrogens with zero attached hydrogens (tertiary/aromatic N) is 3. The molecule has 0 radical (unpaired) electrons. The zero-order valence-electron chi connectivity index (χ0n) is 14.6. The molecule has 0 spiro atoms. The molecule has 2 aromatic rings. The number of amides is 2. The highest BCUT2D eigenvalue weighted by molar-refractivity contribution is 5.95. The zero-order valence-corrected chi connectivity index (χ0v) is 14.6. The fourth-order valence-corrected chi connectivity index (χ4v) is 3.59. The Kier molecular flexibility index (Phi) is 4.36. The third kappa shape index (κ3) is 3.16. The molecule has 2 aliphatic rings. The molecule has 0 aromatic carbocycles. The summed E-state index contributed by atoms with van der Waals surface area (Å²) in [6.07, 6.45) is 10.00. The molecular formula is C19H23N5O2. The molecule has 2 fully saturated rings. The maximum absolute atomic E-state index is 12.4. The van der Waals surface area contributed by atoms with E-state index in [0.29, 0.717) is 5.91 Å². The lowest BCUT2D eigenvalue weighted by Gasteiger charge is -2.39. The Morgan fingerprint density at radius 2 is 2.00 bits per heavy atom. The normalized spacial score (nSPS) is 18.5. The van der Waals surface area contributed by atoms with Crippen molar-refractivity contribution in [3.05, 3.63) is 30.1 Å². The molecular weight excluding hydrogens is 330 g/mol. The van der Waals surface area contributed by atoms with Gasteiger partial charge in [-0.25, -0.2) is 4.98 Å². The van der Waals surface area contributed by atoms with Gasteiger partial charge in [-0.2, -0.15) is 0 Å². The van der Waals surface area contributed by atoms with Crippen LogP contribution in [-0.2, 0) is 9.59 Å². The minimum atomic E-state index is -0.476. The first-order chi connectivity index (χ1) is 12.6. The van der Waals surface area contributed by atoms with Crippen molar-refractivity contribution in [2.24, 2.45) is 11.7 Å². The number of anilines is 1. The summed E-state index contributed by atoms with van der Waals surface area (Å²) >= 11 is 0. The minimum Gasteiger partial charge on any atom is -0.367 e.